The molecule has 0 saturated heterocycles. The summed E-state index contributed by atoms with van der Waals surface area (Å²) in [6.45, 7) is 4.50. The van der Waals surface area contributed by atoms with Gasteiger partial charge in [0.15, 0.2) is 6.29 Å². The number of hydrogen-bond donors (Lipinski definition) is 0. The molecular formula is C30H44O2. The average molecular weight is 437 g/mol. The number of ether oxygens (including phenoxy) is 2. The Balaban J connectivity index is 1.72. The van der Waals surface area contributed by atoms with E-state index in [2.05, 4.69) is 62.4 Å². The van der Waals surface area contributed by atoms with E-state index in [1.807, 2.05) is 12.1 Å². The zero-order chi connectivity index (χ0) is 22.9. The topological polar surface area (TPSA) is 18.5 Å². The second kappa shape index (κ2) is 16.6. The van der Waals surface area contributed by atoms with Gasteiger partial charge in [0, 0.05) is 13.5 Å². The van der Waals surface area contributed by atoms with E-state index in [0.29, 0.717) is 0 Å². The van der Waals surface area contributed by atoms with Crippen LogP contribution < -0.4 is 4.74 Å². The Labute approximate surface area is 197 Å². The summed E-state index contributed by atoms with van der Waals surface area (Å²) in [7, 11) is 1.74. The number of rotatable bonds is 17. The molecule has 0 bridgehead atoms. The van der Waals surface area contributed by atoms with Gasteiger partial charge in [-0.05, 0) is 48.1 Å². The van der Waals surface area contributed by atoms with Crippen LogP contribution in [0.5, 0.6) is 5.75 Å². The maximum atomic E-state index is 6.04. The lowest BCUT2D eigenvalue weighted by atomic mass is 10.1. The molecule has 2 nitrogen and oxygen atoms in total. The lowest BCUT2D eigenvalue weighted by Gasteiger charge is -2.17. The molecule has 0 spiro atoms. The van der Waals surface area contributed by atoms with Crippen molar-refractivity contribution in [2.45, 2.75) is 97.2 Å². The zero-order valence-corrected chi connectivity index (χ0v) is 20.7. The van der Waals surface area contributed by atoms with Crippen molar-refractivity contribution in [1.82, 2.24) is 0 Å². The third kappa shape index (κ3) is 11.0. The first-order valence-corrected chi connectivity index (χ1v) is 12.8. The summed E-state index contributed by atoms with van der Waals surface area (Å²) >= 11 is 0. The second-order valence-corrected chi connectivity index (χ2v) is 8.79. The summed E-state index contributed by atoms with van der Waals surface area (Å²) in [6.07, 6.45) is 19.3. The van der Waals surface area contributed by atoms with Crippen LogP contribution in [0.25, 0.3) is 12.2 Å². The fourth-order valence-corrected chi connectivity index (χ4v) is 3.85. The Morgan fingerprint density at radius 3 is 1.75 bits per heavy atom. The van der Waals surface area contributed by atoms with Crippen molar-refractivity contribution in [3.63, 3.8) is 0 Å². The Bertz CT molecular complexity index is 730. The van der Waals surface area contributed by atoms with Gasteiger partial charge in [-0.2, -0.15) is 0 Å². The highest BCUT2D eigenvalue weighted by Gasteiger charge is 2.08. The van der Waals surface area contributed by atoms with Gasteiger partial charge in [-0.1, -0.05) is 114 Å². The van der Waals surface area contributed by atoms with E-state index in [1.54, 1.807) is 7.11 Å². The Hall–Kier alpha value is -2.06. The summed E-state index contributed by atoms with van der Waals surface area (Å²) < 4.78 is 11.6. The minimum Gasteiger partial charge on any atom is -0.465 e. The molecule has 0 aliphatic heterocycles. The van der Waals surface area contributed by atoms with Gasteiger partial charge in [-0.15, -0.1) is 0 Å². The second-order valence-electron chi connectivity index (χ2n) is 8.79. The van der Waals surface area contributed by atoms with E-state index < -0.39 is 0 Å². The normalized spacial score (nSPS) is 12.3. The van der Waals surface area contributed by atoms with Crippen LogP contribution in [-0.4, -0.2) is 13.4 Å². The molecule has 1 unspecified atom stereocenters. The Morgan fingerprint density at radius 2 is 1.19 bits per heavy atom. The van der Waals surface area contributed by atoms with Crippen LogP contribution in [0, 0.1) is 0 Å². The van der Waals surface area contributed by atoms with E-state index in [0.717, 1.165) is 18.6 Å². The molecule has 0 radical (unpaired) electrons. The number of benzene rings is 2. The van der Waals surface area contributed by atoms with Crippen molar-refractivity contribution in [1.29, 1.82) is 0 Å². The maximum Gasteiger partial charge on any atom is 0.199 e. The molecule has 1 atom stereocenters. The third-order valence-electron chi connectivity index (χ3n) is 5.97. The molecule has 0 N–H and O–H groups in total. The van der Waals surface area contributed by atoms with Crippen LogP contribution in [0.3, 0.4) is 0 Å². The van der Waals surface area contributed by atoms with Crippen molar-refractivity contribution in [2.24, 2.45) is 0 Å². The van der Waals surface area contributed by atoms with Gasteiger partial charge in [-0.3, -0.25) is 0 Å². The molecule has 0 aliphatic carbocycles. The fourth-order valence-electron chi connectivity index (χ4n) is 3.85. The molecular weight excluding hydrogens is 392 g/mol. The fraction of sp³-hybridized carbons (Fsp3) is 0.533. The number of aryl methyl sites for hydroxylation is 1. The highest BCUT2D eigenvalue weighted by Crippen LogP contribution is 2.19. The van der Waals surface area contributed by atoms with Crippen LogP contribution >= 0.6 is 0 Å². The van der Waals surface area contributed by atoms with E-state index >= 15 is 0 Å². The highest BCUT2D eigenvalue weighted by atomic mass is 16.7. The molecule has 0 fully saturated rings. The van der Waals surface area contributed by atoms with Gasteiger partial charge < -0.3 is 9.47 Å². The lowest BCUT2D eigenvalue weighted by Crippen LogP contribution is -2.18. The van der Waals surface area contributed by atoms with Crippen molar-refractivity contribution < 1.29 is 9.47 Å². The highest BCUT2D eigenvalue weighted by molar-refractivity contribution is 5.69. The standard InChI is InChI=1S/C30H44O2/c1-4-6-8-9-10-11-12-13-15-30(31-3)32-29-24-22-28(23-25-29)21-20-27-18-16-26(17-19-27)14-7-5-2/h16-25,30H,4-15H2,1-3H3. The lowest BCUT2D eigenvalue weighted by molar-refractivity contribution is -0.0594. The summed E-state index contributed by atoms with van der Waals surface area (Å²) in [4.78, 5) is 0. The van der Waals surface area contributed by atoms with Crippen LogP contribution in [0.1, 0.15) is 101 Å². The summed E-state index contributed by atoms with van der Waals surface area (Å²) in [5.74, 6) is 0.869. The molecule has 2 aromatic carbocycles. The van der Waals surface area contributed by atoms with Crippen molar-refractivity contribution in [2.75, 3.05) is 7.11 Å². The van der Waals surface area contributed by atoms with E-state index in [9.17, 15) is 0 Å². The largest absolute Gasteiger partial charge is 0.465 e. The molecule has 0 heterocycles. The first-order chi connectivity index (χ1) is 15.7. The molecule has 32 heavy (non-hydrogen) atoms. The quantitative estimate of drug-likeness (QED) is 0.140. The Kier molecular flexibility index (Phi) is 13.6. The van der Waals surface area contributed by atoms with Gasteiger partial charge in [-0.25, -0.2) is 0 Å². The number of unbranched alkanes of at least 4 members (excludes halogenated alkanes) is 8. The zero-order valence-electron chi connectivity index (χ0n) is 20.7. The molecule has 176 valence electrons. The van der Waals surface area contributed by atoms with Crippen LogP contribution in [-0.2, 0) is 11.2 Å². The predicted molar refractivity (Wildman–Crippen MR) is 139 cm³/mol. The smallest absolute Gasteiger partial charge is 0.199 e. The summed E-state index contributed by atoms with van der Waals surface area (Å²) in [5, 5.41) is 0. The van der Waals surface area contributed by atoms with Gasteiger partial charge in [0.2, 0.25) is 0 Å². The van der Waals surface area contributed by atoms with E-state index in [-0.39, 0.29) is 6.29 Å². The minimum atomic E-state index is -0.164. The molecule has 0 amide bonds. The van der Waals surface area contributed by atoms with Crippen LogP contribution in [0.15, 0.2) is 48.5 Å². The van der Waals surface area contributed by atoms with E-state index in [1.165, 1.54) is 80.9 Å². The first-order valence-electron chi connectivity index (χ1n) is 12.8. The predicted octanol–water partition coefficient (Wildman–Crippen LogP) is 9.08. The van der Waals surface area contributed by atoms with E-state index in [4.69, 9.17) is 9.47 Å². The maximum absolute atomic E-state index is 6.04. The Morgan fingerprint density at radius 1 is 0.656 bits per heavy atom. The van der Waals surface area contributed by atoms with Gasteiger partial charge in [0.25, 0.3) is 0 Å². The minimum absolute atomic E-state index is 0.164. The summed E-state index contributed by atoms with van der Waals surface area (Å²) in [6, 6.07) is 17.2. The SMILES string of the molecule is CCCCCCCCCCC(OC)Oc1ccc(C=Cc2ccc(CCCC)cc2)cc1. The van der Waals surface area contributed by atoms with Crippen LogP contribution in [0.2, 0.25) is 0 Å². The van der Waals surface area contributed by atoms with Crippen molar-refractivity contribution >= 4 is 12.2 Å². The average Bonchev–Trinajstić information content (AvgIpc) is 2.83. The van der Waals surface area contributed by atoms with Gasteiger partial charge in [0.1, 0.15) is 5.75 Å². The molecule has 2 heteroatoms. The van der Waals surface area contributed by atoms with Crippen molar-refractivity contribution in [3.05, 3.63) is 65.2 Å². The molecule has 0 saturated carbocycles. The number of methoxy groups -OCH3 is 1. The van der Waals surface area contributed by atoms with Gasteiger partial charge in [0.05, 0.1) is 0 Å². The summed E-state index contributed by atoms with van der Waals surface area (Å²) in [5.41, 5.74) is 3.82. The van der Waals surface area contributed by atoms with Crippen molar-refractivity contribution in [3.8, 4) is 5.75 Å². The van der Waals surface area contributed by atoms with Crippen LogP contribution in [0.4, 0.5) is 0 Å². The third-order valence-corrected chi connectivity index (χ3v) is 5.97. The molecule has 0 aliphatic rings. The molecule has 2 rings (SSSR count). The van der Waals surface area contributed by atoms with Gasteiger partial charge >= 0.3 is 0 Å². The number of hydrogen-bond acceptors (Lipinski definition) is 2. The monoisotopic (exact) mass is 436 g/mol. The first kappa shape index (κ1) is 26.2. The molecule has 2 aromatic rings. The molecule has 0 aromatic heterocycles.